The number of hydrogen-bond donors (Lipinski definition) is 2. The monoisotopic (exact) mass is 399 g/mol. The molecule has 0 saturated heterocycles. The summed E-state index contributed by atoms with van der Waals surface area (Å²) in [5.74, 6) is 0.882. The summed E-state index contributed by atoms with van der Waals surface area (Å²) < 4.78 is 7.69. The third-order valence-electron chi connectivity index (χ3n) is 4.10. The molecule has 0 radical (unpaired) electrons. The van der Waals surface area contributed by atoms with Crippen molar-refractivity contribution >= 4 is 35.3 Å². The first-order chi connectivity index (χ1) is 13.0. The van der Waals surface area contributed by atoms with E-state index in [2.05, 4.69) is 5.32 Å². The van der Waals surface area contributed by atoms with Crippen molar-refractivity contribution < 1.29 is 9.53 Å². The van der Waals surface area contributed by atoms with Gasteiger partial charge in [0.1, 0.15) is 16.4 Å². The minimum atomic E-state index is -0.232. The zero-order valence-corrected chi connectivity index (χ0v) is 16.8. The van der Waals surface area contributed by atoms with Crippen LogP contribution in [0.2, 0.25) is 0 Å². The van der Waals surface area contributed by atoms with E-state index in [0.29, 0.717) is 21.3 Å². The Bertz CT molecular complexity index is 979. The number of benzene rings is 2. The van der Waals surface area contributed by atoms with Gasteiger partial charge in [0, 0.05) is 5.69 Å². The fourth-order valence-corrected chi connectivity index (χ4v) is 4.01. The van der Waals surface area contributed by atoms with Crippen molar-refractivity contribution in [2.75, 3.05) is 12.3 Å². The number of hydrogen-bond acceptors (Lipinski definition) is 5. The predicted molar refractivity (Wildman–Crippen MR) is 112 cm³/mol. The fraction of sp³-hybridized carbons (Fsp3) is 0.200. The molecule has 3 aromatic rings. The molecule has 140 valence electrons. The molecule has 1 amide bonds. The molecule has 1 aromatic heterocycles. The van der Waals surface area contributed by atoms with Gasteiger partial charge in [-0.25, -0.2) is 0 Å². The summed E-state index contributed by atoms with van der Waals surface area (Å²) in [5, 5.41) is 2.98. The van der Waals surface area contributed by atoms with Gasteiger partial charge in [0.2, 0.25) is 0 Å². The average molecular weight is 400 g/mol. The summed E-state index contributed by atoms with van der Waals surface area (Å²) in [6.07, 6.45) is 0. The molecule has 0 unspecified atom stereocenters. The molecule has 0 aliphatic heterocycles. The van der Waals surface area contributed by atoms with Crippen LogP contribution in [0.5, 0.6) is 5.75 Å². The normalized spacial score (nSPS) is 11.8. The van der Waals surface area contributed by atoms with E-state index in [0.717, 1.165) is 17.0 Å². The van der Waals surface area contributed by atoms with Gasteiger partial charge in [0.15, 0.2) is 3.95 Å². The number of nitrogens with zero attached hydrogens (tertiary/aromatic N) is 1. The Balaban J connectivity index is 1.84. The van der Waals surface area contributed by atoms with Crippen LogP contribution in [0, 0.1) is 3.95 Å². The highest BCUT2D eigenvalue weighted by molar-refractivity contribution is 7.73. The van der Waals surface area contributed by atoms with E-state index in [1.165, 1.54) is 11.3 Å². The Kier molecular flexibility index (Phi) is 5.93. The number of nitrogens with one attached hydrogen (secondary N) is 1. The van der Waals surface area contributed by atoms with Gasteiger partial charge in [0.05, 0.1) is 12.6 Å². The Morgan fingerprint density at radius 3 is 2.52 bits per heavy atom. The minimum Gasteiger partial charge on any atom is -0.494 e. The molecule has 0 fully saturated rings. The van der Waals surface area contributed by atoms with Crippen LogP contribution in [-0.2, 0) is 0 Å². The highest BCUT2D eigenvalue weighted by Gasteiger charge is 2.20. The topological polar surface area (TPSA) is 69.3 Å². The third kappa shape index (κ3) is 4.20. The lowest BCUT2D eigenvalue weighted by molar-refractivity contribution is 0.0944. The molecule has 27 heavy (non-hydrogen) atoms. The maximum Gasteiger partial charge on any atom is 0.265 e. The van der Waals surface area contributed by atoms with Crippen molar-refractivity contribution in [2.24, 2.45) is 0 Å². The number of ether oxygens (including phenoxy) is 1. The van der Waals surface area contributed by atoms with Crippen LogP contribution in [0.15, 0.2) is 54.6 Å². The first-order valence-electron chi connectivity index (χ1n) is 8.61. The Morgan fingerprint density at radius 2 is 1.89 bits per heavy atom. The van der Waals surface area contributed by atoms with Gasteiger partial charge in [-0.05, 0) is 55.9 Å². The molecule has 7 heteroatoms. The second-order valence-electron chi connectivity index (χ2n) is 5.95. The van der Waals surface area contributed by atoms with Crippen LogP contribution in [-0.4, -0.2) is 17.1 Å². The van der Waals surface area contributed by atoms with Crippen molar-refractivity contribution in [1.29, 1.82) is 0 Å². The first-order valence-corrected chi connectivity index (χ1v) is 9.84. The fourth-order valence-electron chi connectivity index (χ4n) is 2.74. The first kappa shape index (κ1) is 19.1. The van der Waals surface area contributed by atoms with Gasteiger partial charge in [-0.1, -0.05) is 41.7 Å². The van der Waals surface area contributed by atoms with Crippen LogP contribution in [0.25, 0.3) is 5.69 Å². The molecule has 1 heterocycles. The zero-order chi connectivity index (χ0) is 19.4. The van der Waals surface area contributed by atoms with Gasteiger partial charge in [0.25, 0.3) is 5.91 Å². The van der Waals surface area contributed by atoms with E-state index in [1.54, 1.807) is 4.57 Å². The van der Waals surface area contributed by atoms with Crippen LogP contribution in [0.1, 0.15) is 35.1 Å². The van der Waals surface area contributed by atoms with Gasteiger partial charge in [-0.15, -0.1) is 0 Å². The van der Waals surface area contributed by atoms with E-state index in [-0.39, 0.29) is 11.9 Å². The van der Waals surface area contributed by atoms with Crippen molar-refractivity contribution in [1.82, 2.24) is 9.88 Å². The summed E-state index contributed by atoms with van der Waals surface area (Å²) >= 11 is 6.65. The summed E-state index contributed by atoms with van der Waals surface area (Å²) in [4.78, 5) is 13.1. The number of thiazole rings is 1. The molecule has 1 atom stereocenters. The second kappa shape index (κ2) is 8.37. The molecule has 0 bridgehead atoms. The lowest BCUT2D eigenvalue weighted by Gasteiger charge is -2.14. The Hall–Kier alpha value is -2.64. The Labute approximate surface area is 167 Å². The van der Waals surface area contributed by atoms with Gasteiger partial charge >= 0.3 is 0 Å². The molecule has 0 spiro atoms. The number of aromatic nitrogens is 1. The van der Waals surface area contributed by atoms with Crippen molar-refractivity contribution in [2.45, 2.75) is 19.9 Å². The smallest absolute Gasteiger partial charge is 0.265 e. The number of nitrogen functional groups attached to an aromatic ring is 1. The summed E-state index contributed by atoms with van der Waals surface area (Å²) in [6, 6.07) is 17.1. The average Bonchev–Trinajstić information content (AvgIpc) is 2.98. The van der Waals surface area contributed by atoms with E-state index in [4.69, 9.17) is 22.7 Å². The number of carbonyl (C=O) groups excluding carboxylic acids is 1. The highest BCUT2D eigenvalue weighted by Crippen LogP contribution is 2.28. The molecule has 0 saturated carbocycles. The summed E-state index contributed by atoms with van der Waals surface area (Å²) in [7, 11) is 0. The SMILES string of the molecule is CCOc1ccc(-n2c(N)c(C(=O)N[C@H](C)c3ccccc3)sc2=S)cc1. The lowest BCUT2D eigenvalue weighted by Crippen LogP contribution is -2.26. The van der Waals surface area contributed by atoms with Crippen molar-refractivity contribution in [3.05, 3.63) is 69.0 Å². The summed E-state index contributed by atoms with van der Waals surface area (Å²) in [6.45, 7) is 4.47. The standard InChI is InChI=1S/C20H21N3O2S2/c1-3-25-16-11-9-15(10-12-16)23-18(21)17(27-20(23)26)19(24)22-13(2)14-7-5-4-6-8-14/h4-13H,3,21H2,1-2H3,(H,22,24)/t13-/m1/s1. The van der Waals surface area contributed by atoms with Crippen LogP contribution >= 0.6 is 23.6 Å². The quantitative estimate of drug-likeness (QED) is 0.588. The number of nitrogens with two attached hydrogens (primary N) is 1. The number of amides is 1. The molecular formula is C20H21N3O2S2. The maximum atomic E-state index is 12.7. The molecule has 3 rings (SSSR count). The van der Waals surface area contributed by atoms with E-state index in [9.17, 15) is 4.79 Å². The number of carbonyl (C=O) groups is 1. The molecule has 0 aliphatic rings. The van der Waals surface area contributed by atoms with Crippen LogP contribution < -0.4 is 15.8 Å². The minimum absolute atomic E-state index is 0.132. The largest absolute Gasteiger partial charge is 0.494 e. The van der Waals surface area contributed by atoms with Gasteiger partial charge in [-0.3, -0.25) is 9.36 Å². The second-order valence-corrected chi connectivity index (χ2v) is 7.59. The molecule has 5 nitrogen and oxygen atoms in total. The Morgan fingerprint density at radius 1 is 1.22 bits per heavy atom. The number of rotatable bonds is 6. The lowest BCUT2D eigenvalue weighted by atomic mass is 10.1. The van der Waals surface area contributed by atoms with Crippen LogP contribution in [0.4, 0.5) is 5.82 Å². The van der Waals surface area contributed by atoms with Crippen molar-refractivity contribution in [3.8, 4) is 11.4 Å². The van der Waals surface area contributed by atoms with E-state index in [1.807, 2.05) is 68.4 Å². The van der Waals surface area contributed by atoms with E-state index < -0.39 is 0 Å². The molecule has 2 aromatic carbocycles. The molecule has 0 aliphatic carbocycles. The third-order valence-corrected chi connectivity index (χ3v) is 5.49. The maximum absolute atomic E-state index is 12.7. The molecular weight excluding hydrogens is 378 g/mol. The highest BCUT2D eigenvalue weighted by atomic mass is 32.1. The van der Waals surface area contributed by atoms with Crippen molar-refractivity contribution in [3.63, 3.8) is 0 Å². The number of anilines is 1. The van der Waals surface area contributed by atoms with Gasteiger partial charge in [-0.2, -0.15) is 0 Å². The van der Waals surface area contributed by atoms with Crippen LogP contribution in [0.3, 0.4) is 0 Å². The predicted octanol–water partition coefficient (Wildman–Crippen LogP) is 4.74. The van der Waals surface area contributed by atoms with Gasteiger partial charge < -0.3 is 15.8 Å². The van der Waals surface area contributed by atoms with E-state index >= 15 is 0 Å². The zero-order valence-electron chi connectivity index (χ0n) is 15.1. The summed E-state index contributed by atoms with van der Waals surface area (Å²) in [5.41, 5.74) is 8.09. The molecule has 3 N–H and O–H groups in total.